The topological polar surface area (TPSA) is 92.7 Å². The van der Waals surface area contributed by atoms with E-state index in [0.29, 0.717) is 25.5 Å². The van der Waals surface area contributed by atoms with Gasteiger partial charge in [-0.1, -0.05) is 11.6 Å². The molecule has 116 valence electrons. The number of rotatable bonds is 4. The third kappa shape index (κ3) is 3.70. The molecular weight excluding hydrogens is 325 g/mol. The highest BCUT2D eigenvalue weighted by atomic mass is 35.5. The molecule has 0 saturated carbocycles. The van der Waals surface area contributed by atoms with E-state index in [2.05, 4.69) is 4.72 Å². The maximum Gasteiger partial charge on any atom is 0.337 e. The summed E-state index contributed by atoms with van der Waals surface area (Å²) in [5.41, 5.74) is -0.600. The maximum atomic E-state index is 13.6. The van der Waals surface area contributed by atoms with Gasteiger partial charge in [0.2, 0.25) is 10.0 Å². The Bertz CT molecular complexity index is 658. The second kappa shape index (κ2) is 6.27. The molecule has 1 aliphatic heterocycles. The molecule has 1 saturated heterocycles. The van der Waals surface area contributed by atoms with Gasteiger partial charge in [-0.05, 0) is 25.0 Å². The minimum Gasteiger partial charge on any atom is -0.478 e. The van der Waals surface area contributed by atoms with E-state index in [-0.39, 0.29) is 6.61 Å². The van der Waals surface area contributed by atoms with E-state index in [9.17, 15) is 17.6 Å². The number of hydrogen-bond donors (Lipinski definition) is 2. The molecule has 0 spiro atoms. The predicted octanol–water partition coefficient (Wildman–Crippen LogP) is 1.63. The molecule has 1 aliphatic rings. The van der Waals surface area contributed by atoms with Crippen molar-refractivity contribution in [1.82, 2.24) is 4.72 Å². The first-order valence-corrected chi connectivity index (χ1v) is 8.00. The van der Waals surface area contributed by atoms with Crippen LogP contribution >= 0.6 is 11.6 Å². The summed E-state index contributed by atoms with van der Waals surface area (Å²) < 4.78 is 45.5. The Morgan fingerprint density at radius 1 is 1.48 bits per heavy atom. The molecule has 0 amide bonds. The lowest BCUT2D eigenvalue weighted by atomic mass is 10.1. The number of halogens is 2. The lowest BCUT2D eigenvalue weighted by Gasteiger charge is -2.23. The molecule has 0 aromatic heterocycles. The molecule has 1 atom stereocenters. The first kappa shape index (κ1) is 16.2. The molecule has 1 aromatic carbocycles. The van der Waals surface area contributed by atoms with E-state index >= 15 is 0 Å². The first-order valence-electron chi connectivity index (χ1n) is 6.13. The van der Waals surface area contributed by atoms with Crippen molar-refractivity contribution in [3.63, 3.8) is 0 Å². The molecule has 21 heavy (non-hydrogen) atoms. The number of sulfonamides is 1. The Morgan fingerprint density at radius 2 is 2.19 bits per heavy atom. The average molecular weight is 338 g/mol. The molecule has 1 aromatic rings. The molecular formula is C12H13ClFNO5S. The van der Waals surface area contributed by atoms with Gasteiger partial charge in [-0.25, -0.2) is 22.3 Å². The lowest BCUT2D eigenvalue weighted by molar-refractivity contribution is 0.0696. The zero-order valence-electron chi connectivity index (χ0n) is 10.8. The van der Waals surface area contributed by atoms with Gasteiger partial charge in [-0.3, -0.25) is 0 Å². The van der Waals surface area contributed by atoms with E-state index in [1.807, 2.05) is 0 Å². The summed E-state index contributed by atoms with van der Waals surface area (Å²) in [6, 6.07) is 1.11. The third-order valence-corrected chi connectivity index (χ3v) is 4.91. The highest BCUT2D eigenvalue weighted by Crippen LogP contribution is 2.25. The largest absolute Gasteiger partial charge is 0.478 e. The average Bonchev–Trinajstić information content (AvgIpc) is 2.41. The van der Waals surface area contributed by atoms with Gasteiger partial charge in [0.1, 0.15) is 5.82 Å². The van der Waals surface area contributed by atoms with Crippen molar-refractivity contribution in [2.45, 2.75) is 23.8 Å². The number of ether oxygens (including phenoxy) is 1. The zero-order chi connectivity index (χ0) is 15.6. The standard InChI is InChI=1S/C12H13ClFNO5S/c13-11-9(12(16)17)4-8(5-10(11)14)21(18,19)15-7-2-1-3-20-6-7/h4-5,7,15H,1-3,6H2,(H,16,17). The normalized spacial score (nSPS) is 19.4. The smallest absolute Gasteiger partial charge is 0.337 e. The third-order valence-electron chi connectivity index (χ3n) is 3.02. The summed E-state index contributed by atoms with van der Waals surface area (Å²) in [6.45, 7) is 0.790. The number of carboxylic acids is 1. The molecule has 2 rings (SSSR count). The summed E-state index contributed by atoms with van der Waals surface area (Å²) >= 11 is 5.51. The summed E-state index contributed by atoms with van der Waals surface area (Å²) in [5, 5.41) is 8.29. The van der Waals surface area contributed by atoms with Crippen LogP contribution in [0.2, 0.25) is 5.02 Å². The molecule has 1 heterocycles. The van der Waals surface area contributed by atoms with Crippen LogP contribution in [0.4, 0.5) is 4.39 Å². The fourth-order valence-electron chi connectivity index (χ4n) is 2.00. The van der Waals surface area contributed by atoms with Crippen molar-refractivity contribution in [3.8, 4) is 0 Å². The number of carboxylic acid groups (broad SMARTS) is 1. The molecule has 2 N–H and O–H groups in total. The van der Waals surface area contributed by atoms with E-state index in [0.717, 1.165) is 6.07 Å². The fourth-order valence-corrected chi connectivity index (χ4v) is 3.48. The number of hydrogen-bond acceptors (Lipinski definition) is 4. The number of aromatic carboxylic acids is 1. The highest BCUT2D eigenvalue weighted by molar-refractivity contribution is 7.89. The number of benzene rings is 1. The molecule has 9 heteroatoms. The van der Waals surface area contributed by atoms with E-state index in [1.165, 1.54) is 0 Å². The van der Waals surface area contributed by atoms with Gasteiger partial charge in [0.05, 0.1) is 22.1 Å². The Kier molecular flexibility index (Phi) is 4.82. The van der Waals surface area contributed by atoms with Crippen LogP contribution in [-0.2, 0) is 14.8 Å². The minimum atomic E-state index is -4.05. The van der Waals surface area contributed by atoms with E-state index in [1.54, 1.807) is 0 Å². The minimum absolute atomic E-state index is 0.223. The summed E-state index contributed by atoms with van der Waals surface area (Å²) in [5.74, 6) is -2.60. The lowest BCUT2D eigenvalue weighted by Crippen LogP contribution is -2.40. The molecule has 1 fully saturated rings. The van der Waals surface area contributed by atoms with Crippen molar-refractivity contribution in [3.05, 3.63) is 28.5 Å². The Labute approximate surface area is 125 Å². The number of nitrogens with one attached hydrogen (secondary N) is 1. The Balaban J connectivity index is 2.33. The van der Waals surface area contributed by atoms with E-state index in [4.69, 9.17) is 21.4 Å². The van der Waals surface area contributed by atoms with E-state index < -0.39 is 43.3 Å². The van der Waals surface area contributed by atoms with Crippen LogP contribution in [0.25, 0.3) is 0 Å². The van der Waals surface area contributed by atoms with Crippen LogP contribution in [0.3, 0.4) is 0 Å². The van der Waals surface area contributed by atoms with Crippen molar-refractivity contribution >= 4 is 27.6 Å². The molecule has 6 nitrogen and oxygen atoms in total. The van der Waals surface area contributed by atoms with Crippen LogP contribution in [0.1, 0.15) is 23.2 Å². The second-order valence-electron chi connectivity index (χ2n) is 4.61. The fraction of sp³-hybridized carbons (Fsp3) is 0.417. The van der Waals surface area contributed by atoms with Crippen LogP contribution in [-0.4, -0.2) is 38.7 Å². The van der Waals surface area contributed by atoms with Gasteiger partial charge < -0.3 is 9.84 Å². The number of carbonyl (C=O) groups is 1. The van der Waals surface area contributed by atoms with Gasteiger partial charge in [-0.15, -0.1) is 0 Å². The van der Waals surface area contributed by atoms with Crippen molar-refractivity contribution in [1.29, 1.82) is 0 Å². The summed E-state index contributed by atoms with van der Waals surface area (Å²) in [6.07, 6.45) is 1.31. The second-order valence-corrected chi connectivity index (χ2v) is 6.70. The summed E-state index contributed by atoms with van der Waals surface area (Å²) in [7, 11) is -4.05. The molecule has 0 aliphatic carbocycles. The SMILES string of the molecule is O=C(O)c1cc(S(=O)(=O)NC2CCCOC2)cc(F)c1Cl. The predicted molar refractivity (Wildman–Crippen MR) is 72.5 cm³/mol. The van der Waals surface area contributed by atoms with Gasteiger partial charge in [0.15, 0.2) is 0 Å². The van der Waals surface area contributed by atoms with Crippen LogP contribution < -0.4 is 4.72 Å². The van der Waals surface area contributed by atoms with Crippen LogP contribution in [0.15, 0.2) is 17.0 Å². The highest BCUT2D eigenvalue weighted by Gasteiger charge is 2.25. The van der Waals surface area contributed by atoms with Gasteiger partial charge in [0, 0.05) is 12.6 Å². The molecule has 0 bridgehead atoms. The summed E-state index contributed by atoms with van der Waals surface area (Å²) in [4.78, 5) is 10.5. The van der Waals surface area contributed by atoms with Crippen molar-refractivity contribution in [2.75, 3.05) is 13.2 Å². The monoisotopic (exact) mass is 337 g/mol. The maximum absolute atomic E-state index is 13.6. The van der Waals surface area contributed by atoms with Crippen LogP contribution in [0, 0.1) is 5.82 Å². The molecule has 1 unspecified atom stereocenters. The van der Waals surface area contributed by atoms with Crippen LogP contribution in [0.5, 0.6) is 0 Å². The first-order chi connectivity index (χ1) is 9.81. The Hall–Kier alpha value is -1.22. The zero-order valence-corrected chi connectivity index (χ0v) is 12.4. The molecule has 0 radical (unpaired) electrons. The quantitative estimate of drug-likeness (QED) is 0.871. The Morgan fingerprint density at radius 3 is 2.76 bits per heavy atom. The van der Waals surface area contributed by atoms with Gasteiger partial charge in [-0.2, -0.15) is 0 Å². The van der Waals surface area contributed by atoms with Gasteiger partial charge >= 0.3 is 5.97 Å². The van der Waals surface area contributed by atoms with Crippen molar-refractivity contribution < 1.29 is 27.4 Å². The van der Waals surface area contributed by atoms with Crippen molar-refractivity contribution in [2.24, 2.45) is 0 Å². The van der Waals surface area contributed by atoms with Gasteiger partial charge in [0.25, 0.3) is 0 Å².